The summed E-state index contributed by atoms with van der Waals surface area (Å²) in [5, 5.41) is 2.50. The molecule has 4 heteroatoms. The van der Waals surface area contributed by atoms with Gasteiger partial charge in [0.15, 0.2) is 0 Å². The number of methoxy groups -OCH3 is 1. The number of hydrogen-bond acceptors (Lipinski definition) is 3. The molecular weight excluding hydrogens is 170 g/mol. The third-order valence-electron chi connectivity index (χ3n) is 1.47. The van der Waals surface area contributed by atoms with Crippen LogP contribution in [0, 0.1) is 0 Å². The van der Waals surface area contributed by atoms with Gasteiger partial charge in [0.05, 0.1) is 7.11 Å². The van der Waals surface area contributed by atoms with Gasteiger partial charge in [-0.2, -0.15) is 0 Å². The molecule has 1 atom stereocenters. The van der Waals surface area contributed by atoms with Crippen LogP contribution in [0.2, 0.25) is 0 Å². The molecule has 0 spiro atoms. The normalized spacial score (nSPS) is 12.5. The second-order valence-corrected chi connectivity index (χ2v) is 2.58. The van der Waals surface area contributed by atoms with Crippen LogP contribution in [0.3, 0.4) is 0 Å². The van der Waals surface area contributed by atoms with E-state index < -0.39 is 12.0 Å². The van der Waals surface area contributed by atoms with Gasteiger partial charge in [0, 0.05) is 6.92 Å². The van der Waals surface area contributed by atoms with Crippen LogP contribution >= 0.6 is 0 Å². The molecule has 0 saturated heterocycles. The number of carbonyl (C=O) groups is 2. The van der Waals surface area contributed by atoms with Gasteiger partial charge >= 0.3 is 5.97 Å². The lowest BCUT2D eigenvalue weighted by atomic mass is 10.2. The maximum atomic E-state index is 11.1. The van der Waals surface area contributed by atoms with Crippen LogP contribution in [0.25, 0.3) is 0 Å². The van der Waals surface area contributed by atoms with Crippen molar-refractivity contribution in [1.29, 1.82) is 0 Å². The number of carbonyl (C=O) groups excluding carboxylic acids is 2. The van der Waals surface area contributed by atoms with E-state index in [0.717, 1.165) is 0 Å². The van der Waals surface area contributed by atoms with Gasteiger partial charge in [-0.15, -0.1) is 0 Å². The molecule has 0 aromatic carbocycles. The highest BCUT2D eigenvalue weighted by molar-refractivity contribution is 5.83. The summed E-state index contributed by atoms with van der Waals surface area (Å²) in [6.07, 6.45) is 4.08. The molecule has 74 valence electrons. The Labute approximate surface area is 78.0 Å². The van der Waals surface area contributed by atoms with E-state index in [-0.39, 0.29) is 5.91 Å². The van der Waals surface area contributed by atoms with Gasteiger partial charge in [0.1, 0.15) is 6.04 Å². The van der Waals surface area contributed by atoms with Crippen LogP contribution in [0.4, 0.5) is 0 Å². The monoisotopic (exact) mass is 185 g/mol. The van der Waals surface area contributed by atoms with Crippen LogP contribution in [-0.4, -0.2) is 25.0 Å². The number of allylic oxidation sites excluding steroid dienone is 1. The van der Waals surface area contributed by atoms with Gasteiger partial charge in [-0.05, 0) is 13.3 Å². The zero-order valence-electron chi connectivity index (χ0n) is 8.16. The fraction of sp³-hybridized carbons (Fsp3) is 0.556. The van der Waals surface area contributed by atoms with Crippen LogP contribution in [0.1, 0.15) is 20.3 Å². The lowest BCUT2D eigenvalue weighted by Gasteiger charge is -2.12. The largest absolute Gasteiger partial charge is 0.467 e. The summed E-state index contributed by atoms with van der Waals surface area (Å²) in [4.78, 5) is 21.8. The second kappa shape index (κ2) is 6.22. The zero-order valence-corrected chi connectivity index (χ0v) is 8.16. The minimum atomic E-state index is -0.571. The van der Waals surface area contributed by atoms with E-state index in [0.29, 0.717) is 6.42 Å². The minimum absolute atomic E-state index is 0.236. The van der Waals surface area contributed by atoms with Crippen LogP contribution < -0.4 is 5.32 Å². The summed E-state index contributed by atoms with van der Waals surface area (Å²) in [5.74, 6) is -0.659. The molecule has 1 amide bonds. The summed E-state index contributed by atoms with van der Waals surface area (Å²) >= 11 is 0. The van der Waals surface area contributed by atoms with Crippen molar-refractivity contribution in [3.05, 3.63) is 12.2 Å². The van der Waals surface area contributed by atoms with Crippen LogP contribution in [0.5, 0.6) is 0 Å². The molecule has 0 rings (SSSR count). The van der Waals surface area contributed by atoms with Gasteiger partial charge in [-0.1, -0.05) is 12.2 Å². The van der Waals surface area contributed by atoms with E-state index in [2.05, 4.69) is 10.1 Å². The average Bonchev–Trinajstić information content (AvgIpc) is 2.10. The number of amides is 1. The molecule has 0 aliphatic rings. The van der Waals surface area contributed by atoms with Gasteiger partial charge in [-0.25, -0.2) is 4.79 Å². The highest BCUT2D eigenvalue weighted by Crippen LogP contribution is 1.96. The van der Waals surface area contributed by atoms with Crippen molar-refractivity contribution in [2.75, 3.05) is 7.11 Å². The molecule has 0 saturated carbocycles. The molecule has 0 bridgehead atoms. The third kappa shape index (κ3) is 5.00. The average molecular weight is 185 g/mol. The molecule has 4 nitrogen and oxygen atoms in total. The predicted molar refractivity (Wildman–Crippen MR) is 49.1 cm³/mol. The summed E-state index contributed by atoms with van der Waals surface area (Å²) in [7, 11) is 1.30. The summed E-state index contributed by atoms with van der Waals surface area (Å²) in [5.41, 5.74) is 0. The van der Waals surface area contributed by atoms with Crippen molar-refractivity contribution < 1.29 is 14.3 Å². The van der Waals surface area contributed by atoms with Gasteiger partial charge in [-0.3, -0.25) is 4.79 Å². The van der Waals surface area contributed by atoms with Crippen LogP contribution in [-0.2, 0) is 14.3 Å². The Balaban J connectivity index is 4.18. The molecule has 1 N–H and O–H groups in total. The van der Waals surface area contributed by atoms with Gasteiger partial charge in [0.25, 0.3) is 0 Å². The van der Waals surface area contributed by atoms with E-state index in [1.54, 1.807) is 6.08 Å². The van der Waals surface area contributed by atoms with Crippen molar-refractivity contribution in [2.24, 2.45) is 0 Å². The molecule has 0 aromatic heterocycles. The zero-order chi connectivity index (χ0) is 10.3. The topological polar surface area (TPSA) is 55.4 Å². The number of nitrogens with one attached hydrogen (secondary N) is 1. The van der Waals surface area contributed by atoms with Crippen molar-refractivity contribution in [2.45, 2.75) is 26.3 Å². The highest BCUT2D eigenvalue weighted by Gasteiger charge is 2.17. The van der Waals surface area contributed by atoms with Crippen molar-refractivity contribution >= 4 is 11.9 Å². The highest BCUT2D eigenvalue weighted by atomic mass is 16.5. The van der Waals surface area contributed by atoms with E-state index in [4.69, 9.17) is 0 Å². The predicted octanol–water partition coefficient (Wildman–Crippen LogP) is 0.630. The smallest absolute Gasteiger partial charge is 0.328 e. The Hall–Kier alpha value is -1.32. The first-order valence-corrected chi connectivity index (χ1v) is 4.08. The standard InChI is InChI=1S/C9H15NO3/c1-4-5-6-8(9(12)13-3)10-7(2)11/h4-5,8H,6H2,1-3H3,(H,10,11)/b5-4-. The number of rotatable bonds is 4. The number of ether oxygens (including phenoxy) is 1. The Morgan fingerprint density at radius 2 is 2.15 bits per heavy atom. The van der Waals surface area contributed by atoms with Crippen molar-refractivity contribution in [1.82, 2.24) is 5.32 Å². The number of esters is 1. The SMILES string of the molecule is C/C=C\CC(NC(C)=O)C(=O)OC. The maximum absolute atomic E-state index is 11.1. The van der Waals surface area contributed by atoms with E-state index in [1.165, 1.54) is 14.0 Å². The Bertz CT molecular complexity index is 211. The summed E-state index contributed by atoms with van der Waals surface area (Å²) in [6, 6.07) is -0.571. The first-order chi connectivity index (χ1) is 6.11. The molecule has 0 aliphatic carbocycles. The van der Waals surface area contributed by atoms with E-state index >= 15 is 0 Å². The van der Waals surface area contributed by atoms with E-state index in [9.17, 15) is 9.59 Å². The Morgan fingerprint density at radius 3 is 2.54 bits per heavy atom. The van der Waals surface area contributed by atoms with Gasteiger partial charge < -0.3 is 10.1 Å². The lowest BCUT2D eigenvalue weighted by molar-refractivity contribution is -0.144. The minimum Gasteiger partial charge on any atom is -0.467 e. The molecule has 0 heterocycles. The Kier molecular flexibility index (Phi) is 5.59. The van der Waals surface area contributed by atoms with Crippen LogP contribution in [0.15, 0.2) is 12.2 Å². The summed E-state index contributed by atoms with van der Waals surface area (Å²) < 4.78 is 4.52. The fourth-order valence-electron chi connectivity index (χ4n) is 0.874. The summed E-state index contributed by atoms with van der Waals surface area (Å²) in [6.45, 7) is 3.22. The van der Waals surface area contributed by atoms with Gasteiger partial charge in [0.2, 0.25) is 5.91 Å². The molecule has 1 unspecified atom stereocenters. The molecule has 0 fully saturated rings. The van der Waals surface area contributed by atoms with Crippen molar-refractivity contribution in [3.8, 4) is 0 Å². The fourth-order valence-corrected chi connectivity index (χ4v) is 0.874. The quantitative estimate of drug-likeness (QED) is 0.516. The lowest BCUT2D eigenvalue weighted by Crippen LogP contribution is -2.39. The molecule has 0 radical (unpaired) electrons. The third-order valence-corrected chi connectivity index (χ3v) is 1.47. The molecular formula is C9H15NO3. The van der Waals surface area contributed by atoms with E-state index in [1.807, 2.05) is 13.0 Å². The first kappa shape index (κ1) is 11.7. The molecule has 0 aromatic rings. The first-order valence-electron chi connectivity index (χ1n) is 4.08. The maximum Gasteiger partial charge on any atom is 0.328 e. The molecule has 13 heavy (non-hydrogen) atoms. The number of hydrogen-bond donors (Lipinski definition) is 1. The second-order valence-electron chi connectivity index (χ2n) is 2.58. The van der Waals surface area contributed by atoms with Crippen molar-refractivity contribution in [3.63, 3.8) is 0 Å². The Morgan fingerprint density at radius 1 is 1.54 bits per heavy atom. The molecule has 0 aliphatic heterocycles.